The molecule has 0 aliphatic carbocycles. The number of rotatable bonds is 5. The third-order valence-corrected chi connectivity index (χ3v) is 2.91. The van der Waals surface area contributed by atoms with Gasteiger partial charge in [0.1, 0.15) is 5.75 Å². The average Bonchev–Trinajstić information content (AvgIpc) is 2.83. The lowest BCUT2D eigenvalue weighted by molar-refractivity contribution is 0.342. The summed E-state index contributed by atoms with van der Waals surface area (Å²) < 4.78 is 5.44. The minimum absolute atomic E-state index is 0.611. The van der Waals surface area contributed by atoms with Crippen LogP contribution < -0.4 is 15.8 Å². The van der Waals surface area contributed by atoms with E-state index in [-0.39, 0.29) is 0 Å². The SMILES string of the molecule is CCOc1cc(NCc2cscn2)ccc1N. The molecule has 1 aromatic heterocycles. The molecule has 0 atom stereocenters. The van der Waals surface area contributed by atoms with Crippen LogP contribution in [0.25, 0.3) is 0 Å². The lowest BCUT2D eigenvalue weighted by Gasteiger charge is -2.10. The number of ether oxygens (including phenoxy) is 1. The summed E-state index contributed by atoms with van der Waals surface area (Å²) in [7, 11) is 0. The van der Waals surface area contributed by atoms with Crippen molar-refractivity contribution in [1.29, 1.82) is 0 Å². The Labute approximate surface area is 104 Å². The van der Waals surface area contributed by atoms with Crippen LogP contribution in [0, 0.1) is 0 Å². The minimum atomic E-state index is 0.611. The van der Waals surface area contributed by atoms with Gasteiger partial charge in [0, 0.05) is 17.1 Å². The van der Waals surface area contributed by atoms with E-state index in [4.69, 9.17) is 10.5 Å². The zero-order chi connectivity index (χ0) is 12.1. The summed E-state index contributed by atoms with van der Waals surface area (Å²) in [5, 5.41) is 5.30. The number of hydrogen-bond acceptors (Lipinski definition) is 5. The topological polar surface area (TPSA) is 60.2 Å². The van der Waals surface area contributed by atoms with Crippen LogP contribution in [0.1, 0.15) is 12.6 Å². The highest BCUT2D eigenvalue weighted by molar-refractivity contribution is 7.07. The molecule has 0 saturated carbocycles. The Morgan fingerprint density at radius 1 is 1.47 bits per heavy atom. The van der Waals surface area contributed by atoms with Crippen LogP contribution in [-0.2, 0) is 6.54 Å². The van der Waals surface area contributed by atoms with Crippen LogP contribution in [0.2, 0.25) is 0 Å². The van der Waals surface area contributed by atoms with Gasteiger partial charge >= 0.3 is 0 Å². The van der Waals surface area contributed by atoms with Crippen molar-refractivity contribution >= 4 is 22.7 Å². The van der Waals surface area contributed by atoms with E-state index in [1.807, 2.05) is 36.0 Å². The molecule has 2 rings (SSSR count). The molecule has 0 bridgehead atoms. The fourth-order valence-corrected chi connectivity index (χ4v) is 2.00. The smallest absolute Gasteiger partial charge is 0.144 e. The number of anilines is 2. The molecule has 0 radical (unpaired) electrons. The Morgan fingerprint density at radius 3 is 3.06 bits per heavy atom. The van der Waals surface area contributed by atoms with Gasteiger partial charge in [-0.05, 0) is 19.1 Å². The van der Waals surface area contributed by atoms with Crippen molar-refractivity contribution in [1.82, 2.24) is 4.98 Å². The first kappa shape index (κ1) is 11.7. The van der Waals surface area contributed by atoms with E-state index in [0.29, 0.717) is 18.8 Å². The van der Waals surface area contributed by atoms with Gasteiger partial charge in [-0.25, -0.2) is 4.98 Å². The van der Waals surface area contributed by atoms with E-state index in [1.165, 1.54) is 0 Å². The van der Waals surface area contributed by atoms with Gasteiger partial charge in [0.2, 0.25) is 0 Å². The third kappa shape index (κ3) is 3.10. The summed E-state index contributed by atoms with van der Waals surface area (Å²) in [5.74, 6) is 0.718. The van der Waals surface area contributed by atoms with Gasteiger partial charge in [0.25, 0.3) is 0 Å². The zero-order valence-corrected chi connectivity index (χ0v) is 10.5. The highest BCUT2D eigenvalue weighted by Crippen LogP contribution is 2.25. The molecule has 2 aromatic rings. The predicted molar refractivity (Wildman–Crippen MR) is 71.5 cm³/mol. The van der Waals surface area contributed by atoms with Crippen molar-refractivity contribution in [2.75, 3.05) is 17.7 Å². The second kappa shape index (κ2) is 5.54. The van der Waals surface area contributed by atoms with E-state index in [1.54, 1.807) is 11.3 Å². The first-order chi connectivity index (χ1) is 8.29. The normalized spacial score (nSPS) is 10.2. The van der Waals surface area contributed by atoms with Crippen molar-refractivity contribution in [3.63, 3.8) is 0 Å². The zero-order valence-electron chi connectivity index (χ0n) is 9.64. The number of hydrogen-bond donors (Lipinski definition) is 2. The molecule has 1 aromatic carbocycles. The summed E-state index contributed by atoms with van der Waals surface area (Å²) in [6, 6.07) is 5.68. The number of aromatic nitrogens is 1. The van der Waals surface area contributed by atoms with Crippen LogP contribution in [0.15, 0.2) is 29.1 Å². The van der Waals surface area contributed by atoms with Gasteiger partial charge in [0.15, 0.2) is 0 Å². The number of nitrogens with one attached hydrogen (secondary N) is 1. The number of thiazole rings is 1. The molecule has 5 heteroatoms. The number of benzene rings is 1. The molecule has 17 heavy (non-hydrogen) atoms. The first-order valence-corrected chi connectivity index (χ1v) is 6.37. The summed E-state index contributed by atoms with van der Waals surface area (Å²) in [6.45, 7) is 3.26. The van der Waals surface area contributed by atoms with Gasteiger partial charge in [0.05, 0.1) is 30.0 Å². The maximum atomic E-state index is 5.80. The highest BCUT2D eigenvalue weighted by Gasteiger charge is 2.02. The molecule has 0 amide bonds. The summed E-state index contributed by atoms with van der Waals surface area (Å²) in [4.78, 5) is 4.21. The quantitative estimate of drug-likeness (QED) is 0.800. The number of nitrogens with zero attached hydrogens (tertiary/aromatic N) is 1. The maximum absolute atomic E-state index is 5.80. The Morgan fingerprint density at radius 2 is 2.35 bits per heavy atom. The lowest BCUT2D eigenvalue weighted by atomic mass is 10.2. The Kier molecular flexibility index (Phi) is 3.82. The van der Waals surface area contributed by atoms with Crippen LogP contribution in [-0.4, -0.2) is 11.6 Å². The van der Waals surface area contributed by atoms with Crippen LogP contribution in [0.5, 0.6) is 5.75 Å². The maximum Gasteiger partial charge on any atom is 0.144 e. The fourth-order valence-electron chi connectivity index (χ4n) is 1.44. The minimum Gasteiger partial charge on any atom is -0.492 e. The Hall–Kier alpha value is -1.75. The van der Waals surface area contributed by atoms with Gasteiger partial charge in [-0.15, -0.1) is 11.3 Å². The molecular formula is C12H15N3OS. The predicted octanol–water partition coefficient (Wildman–Crippen LogP) is 2.74. The molecule has 0 aliphatic heterocycles. The Bertz CT molecular complexity index is 471. The summed E-state index contributed by atoms with van der Waals surface area (Å²) in [6.07, 6.45) is 0. The van der Waals surface area contributed by atoms with E-state index in [9.17, 15) is 0 Å². The monoisotopic (exact) mass is 249 g/mol. The molecule has 0 fully saturated rings. The lowest BCUT2D eigenvalue weighted by Crippen LogP contribution is -2.02. The van der Waals surface area contributed by atoms with E-state index in [0.717, 1.165) is 17.1 Å². The summed E-state index contributed by atoms with van der Waals surface area (Å²) >= 11 is 1.59. The number of nitrogen functional groups attached to an aromatic ring is 1. The second-order valence-electron chi connectivity index (χ2n) is 3.52. The fraction of sp³-hybridized carbons (Fsp3) is 0.250. The van der Waals surface area contributed by atoms with Crippen LogP contribution in [0.4, 0.5) is 11.4 Å². The molecule has 0 spiro atoms. The largest absolute Gasteiger partial charge is 0.492 e. The van der Waals surface area contributed by atoms with Crippen LogP contribution >= 0.6 is 11.3 Å². The summed E-state index contributed by atoms with van der Waals surface area (Å²) in [5.41, 5.74) is 10.3. The molecule has 90 valence electrons. The van der Waals surface area contributed by atoms with Gasteiger partial charge in [-0.2, -0.15) is 0 Å². The molecule has 0 saturated heterocycles. The second-order valence-corrected chi connectivity index (χ2v) is 4.24. The van der Waals surface area contributed by atoms with Crippen molar-refractivity contribution in [2.24, 2.45) is 0 Å². The first-order valence-electron chi connectivity index (χ1n) is 5.43. The van der Waals surface area contributed by atoms with Gasteiger partial charge < -0.3 is 15.8 Å². The van der Waals surface area contributed by atoms with Crippen molar-refractivity contribution in [3.05, 3.63) is 34.8 Å². The molecule has 3 N–H and O–H groups in total. The molecular weight excluding hydrogens is 234 g/mol. The standard InChI is InChI=1S/C12H15N3OS/c1-2-16-12-5-9(3-4-11(12)13)14-6-10-7-17-8-15-10/h3-5,7-8,14H,2,6,13H2,1H3. The highest BCUT2D eigenvalue weighted by atomic mass is 32.1. The van der Waals surface area contributed by atoms with Crippen LogP contribution in [0.3, 0.4) is 0 Å². The van der Waals surface area contributed by atoms with E-state index < -0.39 is 0 Å². The molecule has 4 nitrogen and oxygen atoms in total. The molecule has 0 unspecified atom stereocenters. The third-order valence-electron chi connectivity index (χ3n) is 2.27. The van der Waals surface area contributed by atoms with Gasteiger partial charge in [-0.3, -0.25) is 0 Å². The van der Waals surface area contributed by atoms with E-state index >= 15 is 0 Å². The van der Waals surface area contributed by atoms with Crippen molar-refractivity contribution < 1.29 is 4.74 Å². The molecule has 0 aliphatic rings. The van der Waals surface area contributed by atoms with Crippen molar-refractivity contribution in [2.45, 2.75) is 13.5 Å². The Balaban J connectivity index is 2.03. The molecule has 1 heterocycles. The van der Waals surface area contributed by atoms with Crippen molar-refractivity contribution in [3.8, 4) is 5.75 Å². The van der Waals surface area contributed by atoms with Gasteiger partial charge in [-0.1, -0.05) is 0 Å². The number of nitrogens with two attached hydrogens (primary N) is 1. The average molecular weight is 249 g/mol. The van der Waals surface area contributed by atoms with E-state index in [2.05, 4.69) is 10.3 Å².